The van der Waals surface area contributed by atoms with Gasteiger partial charge in [-0.3, -0.25) is 9.69 Å². The molecule has 6 heteroatoms. The van der Waals surface area contributed by atoms with Gasteiger partial charge >= 0.3 is 5.97 Å². The van der Waals surface area contributed by atoms with Crippen LogP contribution in [0.25, 0.3) is 5.57 Å². The lowest BCUT2D eigenvalue weighted by atomic mass is 9.33. The maximum absolute atomic E-state index is 13.6. The molecule has 0 spiro atoms. The summed E-state index contributed by atoms with van der Waals surface area (Å²) in [6.07, 6.45) is 48.6. The Morgan fingerprint density at radius 3 is 1.90 bits per heavy atom. The maximum atomic E-state index is 13.6. The fourth-order valence-corrected chi connectivity index (χ4v) is 13.5. The van der Waals surface area contributed by atoms with Crippen LogP contribution in [0, 0.1) is 96.7 Å². The molecular formula is C52H75N3O3. The lowest BCUT2D eigenvalue weighted by Crippen LogP contribution is -2.68. The molecule has 58 heavy (non-hydrogen) atoms. The summed E-state index contributed by atoms with van der Waals surface area (Å²) in [6.45, 7) is 26.2. The summed E-state index contributed by atoms with van der Waals surface area (Å²) < 4.78 is 0. The third-order valence-corrected chi connectivity index (χ3v) is 16.0. The Hall–Kier alpha value is -4.20. The van der Waals surface area contributed by atoms with Gasteiger partial charge in [0, 0.05) is 31.7 Å². The first-order valence-corrected chi connectivity index (χ1v) is 21.4. The number of aromatic carboxylic acids is 1. The lowest BCUT2D eigenvalue weighted by molar-refractivity contribution is -0.217. The van der Waals surface area contributed by atoms with Crippen LogP contribution in [0.5, 0.6) is 0 Å². The van der Waals surface area contributed by atoms with E-state index >= 15 is 0 Å². The second-order valence-corrected chi connectivity index (χ2v) is 18.4. The van der Waals surface area contributed by atoms with Crippen molar-refractivity contribution in [3.8, 4) is 51.4 Å². The van der Waals surface area contributed by atoms with Crippen LogP contribution in [0.2, 0.25) is 0 Å². The van der Waals surface area contributed by atoms with E-state index in [-0.39, 0.29) is 22.3 Å². The van der Waals surface area contributed by atoms with Crippen LogP contribution in [0.4, 0.5) is 0 Å². The summed E-state index contributed by atoms with van der Waals surface area (Å²) >= 11 is 0. The van der Waals surface area contributed by atoms with E-state index in [2.05, 4.69) is 121 Å². The number of amides is 1. The number of hydrogen-bond donors (Lipinski definition) is 2. The van der Waals surface area contributed by atoms with E-state index in [9.17, 15) is 14.7 Å². The highest BCUT2D eigenvalue weighted by Crippen LogP contribution is 2.76. The largest absolute Gasteiger partial charge is 0.478 e. The molecule has 1 saturated heterocycles. The zero-order valence-electron chi connectivity index (χ0n) is 37.1. The average molecular weight is 790 g/mol. The molecule has 8 atom stereocenters. The molecule has 2 N–H and O–H groups in total. The number of carboxylic acid groups (broad SMARTS) is 1. The van der Waals surface area contributed by atoms with E-state index in [4.69, 9.17) is 0 Å². The standard InChI is InChI=1S/C41H61N3O3.C3H6.4C2H2/c1-7-43-23-25-44(26-24-43)27-35(45)42-41-18-8-9-32(41)31-14-15-34-38(4)19-16-30(28-10-12-29(13-11-28)36(46)47)37(2,3)33(38)17-20-40(34,6)39(31,5)21-22-41;1-3-2;4*1-2/h10-13,16,31-34H,7-9,14-15,17-27H2,1-6H3,(H,42,45)(H,46,47);3H,1H2,2H3;4*1-2H/t31-,32?,33?,34?,38+,39-,40-,41+;;;;;/m1...../s1. The fourth-order valence-electron chi connectivity index (χ4n) is 13.5. The van der Waals surface area contributed by atoms with Crippen LogP contribution in [0.3, 0.4) is 0 Å². The van der Waals surface area contributed by atoms with Gasteiger partial charge in [-0.15, -0.1) is 58.0 Å². The van der Waals surface area contributed by atoms with Gasteiger partial charge in [-0.2, -0.15) is 0 Å². The first-order chi connectivity index (χ1) is 27.7. The van der Waals surface area contributed by atoms with Crippen LogP contribution < -0.4 is 5.32 Å². The Labute approximate surface area is 354 Å². The van der Waals surface area contributed by atoms with E-state index in [1.807, 2.05) is 19.1 Å². The smallest absolute Gasteiger partial charge is 0.335 e. The number of likely N-dealkylation sites (N-methyl/N-ethyl adjacent to an activating group) is 1. The van der Waals surface area contributed by atoms with E-state index < -0.39 is 5.97 Å². The summed E-state index contributed by atoms with van der Waals surface area (Å²) in [5.41, 5.74) is 3.80. The summed E-state index contributed by atoms with van der Waals surface area (Å²) in [6, 6.07) is 7.59. The molecule has 1 aliphatic heterocycles. The second kappa shape index (κ2) is 21.2. The Morgan fingerprint density at radius 1 is 0.776 bits per heavy atom. The number of allylic oxidation sites excluding steroid dienone is 3. The second-order valence-electron chi connectivity index (χ2n) is 18.4. The van der Waals surface area contributed by atoms with Crippen LogP contribution in [0.15, 0.2) is 43.0 Å². The Bertz CT molecular complexity index is 1620. The summed E-state index contributed by atoms with van der Waals surface area (Å²) in [5, 5.41) is 13.2. The third-order valence-electron chi connectivity index (χ3n) is 16.0. The van der Waals surface area contributed by atoms with Crippen molar-refractivity contribution in [2.75, 3.05) is 39.3 Å². The van der Waals surface area contributed by atoms with Crippen molar-refractivity contribution in [2.24, 2.45) is 45.3 Å². The van der Waals surface area contributed by atoms with Gasteiger partial charge in [-0.05, 0) is 140 Å². The molecule has 0 aromatic heterocycles. The number of piperazine rings is 1. The van der Waals surface area contributed by atoms with Crippen LogP contribution in [0.1, 0.15) is 129 Å². The summed E-state index contributed by atoms with van der Waals surface area (Å²) in [7, 11) is 0. The molecule has 1 aromatic carbocycles. The monoisotopic (exact) mass is 790 g/mol. The van der Waals surface area contributed by atoms with Gasteiger partial charge in [0.1, 0.15) is 0 Å². The number of fused-ring (bicyclic) bond motifs is 7. The normalized spacial score (nSPS) is 34.0. The Balaban J connectivity index is 0.000000969. The van der Waals surface area contributed by atoms with Crippen molar-refractivity contribution in [1.29, 1.82) is 0 Å². The van der Waals surface area contributed by atoms with Crippen molar-refractivity contribution in [3.05, 3.63) is 54.1 Å². The number of carboxylic acids is 1. The van der Waals surface area contributed by atoms with Gasteiger partial charge in [0.15, 0.2) is 0 Å². The molecule has 6 aliphatic rings. The molecule has 1 amide bonds. The number of nitrogens with one attached hydrogen (secondary N) is 1. The number of nitrogens with zero attached hydrogens (tertiary/aromatic N) is 2. The lowest BCUT2D eigenvalue weighted by Gasteiger charge is -2.72. The molecule has 1 aromatic rings. The Morgan fingerprint density at radius 2 is 1.34 bits per heavy atom. The number of benzene rings is 1. The molecule has 4 saturated carbocycles. The van der Waals surface area contributed by atoms with Gasteiger partial charge in [0.2, 0.25) is 5.91 Å². The fraction of sp³-hybridized carbons (Fsp3) is 0.615. The van der Waals surface area contributed by atoms with Crippen molar-refractivity contribution >= 4 is 17.4 Å². The van der Waals surface area contributed by atoms with Crippen molar-refractivity contribution in [2.45, 2.75) is 118 Å². The van der Waals surface area contributed by atoms with Crippen molar-refractivity contribution < 1.29 is 14.7 Å². The minimum Gasteiger partial charge on any atom is -0.478 e. The minimum atomic E-state index is -0.863. The molecule has 316 valence electrons. The zero-order valence-corrected chi connectivity index (χ0v) is 37.1. The van der Waals surface area contributed by atoms with Crippen LogP contribution >= 0.6 is 0 Å². The molecule has 0 bridgehead atoms. The molecule has 5 fully saturated rings. The number of carbonyl (C=O) groups is 2. The highest BCUT2D eigenvalue weighted by atomic mass is 16.4. The molecule has 0 radical (unpaired) electrons. The number of terminal acetylenes is 4. The summed E-state index contributed by atoms with van der Waals surface area (Å²) in [5.74, 6) is 1.98. The predicted molar refractivity (Wildman–Crippen MR) is 244 cm³/mol. The van der Waals surface area contributed by atoms with Crippen LogP contribution in [-0.4, -0.2) is 71.6 Å². The SMILES string of the molecule is C#C.C#C.C#C.C#C.C=CC.CCN1CCN(CC(=O)N[C@]23CCCC2[C@H]2CCC4[C@@]5(C)CC=C(c6ccc(C(=O)O)cc6)C(C)(C)C5CC[C@@]4(C)[C@]2(C)CC3)CC1. The maximum Gasteiger partial charge on any atom is 0.335 e. The number of carbonyl (C=O) groups excluding carboxylic acids is 1. The van der Waals surface area contributed by atoms with Crippen molar-refractivity contribution in [1.82, 2.24) is 15.1 Å². The third kappa shape index (κ3) is 9.16. The Kier molecular flexibility index (Phi) is 18.2. The van der Waals surface area contributed by atoms with Crippen LogP contribution in [-0.2, 0) is 4.79 Å². The number of rotatable bonds is 6. The van der Waals surface area contributed by atoms with Gasteiger partial charge in [-0.25, -0.2) is 4.79 Å². The van der Waals surface area contributed by atoms with Gasteiger partial charge in [0.25, 0.3) is 0 Å². The molecule has 6 nitrogen and oxygen atoms in total. The van der Waals surface area contributed by atoms with E-state index in [0.717, 1.165) is 52.0 Å². The van der Waals surface area contributed by atoms with E-state index in [1.54, 1.807) is 18.2 Å². The van der Waals surface area contributed by atoms with Crippen molar-refractivity contribution in [3.63, 3.8) is 0 Å². The molecule has 3 unspecified atom stereocenters. The average Bonchev–Trinajstić information content (AvgIpc) is 3.65. The topological polar surface area (TPSA) is 72.9 Å². The summed E-state index contributed by atoms with van der Waals surface area (Å²) in [4.78, 5) is 30.0. The highest BCUT2D eigenvalue weighted by Gasteiger charge is 2.69. The van der Waals surface area contributed by atoms with Gasteiger partial charge < -0.3 is 15.3 Å². The minimum absolute atomic E-state index is 0.00252. The molecule has 5 aliphatic carbocycles. The number of hydrogen-bond acceptors (Lipinski definition) is 4. The zero-order chi connectivity index (χ0) is 44.1. The van der Waals surface area contributed by atoms with Gasteiger partial charge in [-0.1, -0.05) is 72.2 Å². The predicted octanol–water partition coefficient (Wildman–Crippen LogP) is 9.93. The highest BCUT2D eigenvalue weighted by molar-refractivity contribution is 5.88. The molecule has 7 rings (SSSR count). The first kappa shape index (κ1) is 49.9. The van der Waals surface area contributed by atoms with Gasteiger partial charge in [0.05, 0.1) is 12.1 Å². The van der Waals surface area contributed by atoms with E-state index in [0.29, 0.717) is 46.6 Å². The quantitative estimate of drug-likeness (QED) is 0.222. The molecular weight excluding hydrogens is 715 g/mol. The first-order valence-electron chi connectivity index (χ1n) is 21.4. The molecule has 1 heterocycles. The van der Waals surface area contributed by atoms with E-state index in [1.165, 1.54) is 56.1 Å².